The van der Waals surface area contributed by atoms with E-state index in [1.807, 2.05) is 13.8 Å². The van der Waals surface area contributed by atoms with Crippen LogP contribution < -0.4 is 10.9 Å². The van der Waals surface area contributed by atoms with Gasteiger partial charge in [-0.25, -0.2) is 9.37 Å². The van der Waals surface area contributed by atoms with Crippen LogP contribution in [0.15, 0.2) is 58.2 Å². The lowest BCUT2D eigenvalue weighted by Gasteiger charge is -2.35. The summed E-state index contributed by atoms with van der Waals surface area (Å²) in [6, 6.07) is 12.6. The zero-order chi connectivity index (χ0) is 24.2. The summed E-state index contributed by atoms with van der Waals surface area (Å²) in [5, 5.41) is 3.07. The van der Waals surface area contributed by atoms with E-state index in [1.54, 1.807) is 53.1 Å². The van der Waals surface area contributed by atoms with Crippen LogP contribution in [0.25, 0.3) is 11.0 Å². The molecule has 2 amide bonds. The number of nitrogens with one attached hydrogen (secondary N) is 2. The maximum atomic E-state index is 13.3. The smallest absolute Gasteiger partial charge is 0.280 e. The SMILES string of the molecule is CC(C)[C@H](NC(=O)c1nc2ccccc2[nH]c1=O)C(=O)N1CCC(Sc2ccc(F)cc2)CC1. The second kappa shape index (κ2) is 10.4. The van der Waals surface area contributed by atoms with E-state index < -0.39 is 17.5 Å². The van der Waals surface area contributed by atoms with Gasteiger partial charge in [0, 0.05) is 23.2 Å². The molecule has 7 nitrogen and oxygen atoms in total. The van der Waals surface area contributed by atoms with E-state index in [2.05, 4.69) is 15.3 Å². The van der Waals surface area contributed by atoms with E-state index in [0.717, 1.165) is 17.7 Å². The van der Waals surface area contributed by atoms with Gasteiger partial charge in [0.1, 0.15) is 11.9 Å². The van der Waals surface area contributed by atoms with E-state index in [4.69, 9.17) is 0 Å². The molecule has 4 rings (SSSR count). The van der Waals surface area contributed by atoms with Crippen molar-refractivity contribution in [3.8, 4) is 0 Å². The third kappa shape index (κ3) is 5.47. The second-order valence-corrected chi connectivity index (χ2v) is 10.1. The Labute approximate surface area is 201 Å². The number of fused-ring (bicyclic) bond motifs is 1. The van der Waals surface area contributed by atoms with Crippen LogP contribution in [-0.4, -0.2) is 51.1 Å². The lowest BCUT2D eigenvalue weighted by molar-refractivity contribution is -0.135. The summed E-state index contributed by atoms with van der Waals surface area (Å²) in [6.07, 6.45) is 1.61. The number of H-pyrrole nitrogens is 1. The van der Waals surface area contributed by atoms with Crippen LogP contribution >= 0.6 is 11.8 Å². The zero-order valence-electron chi connectivity index (χ0n) is 19.1. The van der Waals surface area contributed by atoms with Crippen molar-refractivity contribution >= 4 is 34.6 Å². The lowest BCUT2D eigenvalue weighted by Crippen LogP contribution is -2.53. The molecule has 0 bridgehead atoms. The molecule has 0 radical (unpaired) electrons. The average Bonchev–Trinajstić information content (AvgIpc) is 2.83. The first-order chi connectivity index (χ1) is 16.3. The van der Waals surface area contributed by atoms with Gasteiger partial charge in [0.05, 0.1) is 11.0 Å². The Hall–Kier alpha value is -3.20. The minimum Gasteiger partial charge on any atom is -0.341 e. The van der Waals surface area contributed by atoms with Crippen LogP contribution in [0.4, 0.5) is 4.39 Å². The van der Waals surface area contributed by atoms with E-state index in [0.29, 0.717) is 29.4 Å². The van der Waals surface area contributed by atoms with Gasteiger partial charge in [-0.05, 0) is 55.2 Å². The first-order valence-corrected chi connectivity index (χ1v) is 12.2. The highest BCUT2D eigenvalue weighted by molar-refractivity contribution is 8.00. The van der Waals surface area contributed by atoms with Crippen molar-refractivity contribution in [2.75, 3.05) is 13.1 Å². The van der Waals surface area contributed by atoms with Crippen molar-refractivity contribution in [2.24, 2.45) is 5.92 Å². The van der Waals surface area contributed by atoms with Crippen LogP contribution in [-0.2, 0) is 4.79 Å². The summed E-state index contributed by atoms with van der Waals surface area (Å²) in [5.74, 6) is -1.25. The van der Waals surface area contributed by atoms with Gasteiger partial charge < -0.3 is 15.2 Å². The van der Waals surface area contributed by atoms with Crippen LogP contribution in [0.1, 0.15) is 37.2 Å². The molecule has 0 spiro atoms. The number of para-hydroxylation sites is 2. The molecule has 2 aromatic carbocycles. The molecule has 0 saturated carbocycles. The van der Waals surface area contributed by atoms with E-state index in [1.165, 1.54) is 12.1 Å². The van der Waals surface area contributed by atoms with Crippen molar-refractivity contribution in [3.05, 3.63) is 70.4 Å². The predicted molar refractivity (Wildman–Crippen MR) is 130 cm³/mol. The Kier molecular flexibility index (Phi) is 7.31. The maximum absolute atomic E-state index is 13.3. The van der Waals surface area contributed by atoms with Crippen molar-refractivity contribution < 1.29 is 14.0 Å². The quantitative estimate of drug-likeness (QED) is 0.560. The second-order valence-electron chi connectivity index (χ2n) is 8.72. The standard InChI is InChI=1S/C25H27FN4O3S/c1-15(2)21(29-24(32)22-23(31)28-20-6-4-3-5-19(20)27-22)25(33)30-13-11-18(12-14-30)34-17-9-7-16(26)8-10-17/h3-10,15,18,21H,11-14H2,1-2H3,(H,28,31)(H,29,32)/t21-/m0/s1. The highest BCUT2D eigenvalue weighted by atomic mass is 32.2. The highest BCUT2D eigenvalue weighted by Gasteiger charge is 2.32. The number of carbonyl (C=O) groups is 2. The number of aromatic nitrogens is 2. The van der Waals surface area contributed by atoms with E-state index >= 15 is 0 Å². The van der Waals surface area contributed by atoms with E-state index in [-0.39, 0.29) is 23.3 Å². The topological polar surface area (TPSA) is 95.2 Å². The number of amides is 2. The molecule has 1 aliphatic rings. The van der Waals surface area contributed by atoms with Gasteiger partial charge in [0.15, 0.2) is 5.69 Å². The molecular formula is C25H27FN4O3S. The van der Waals surface area contributed by atoms with Gasteiger partial charge >= 0.3 is 0 Å². The monoisotopic (exact) mass is 482 g/mol. The molecule has 1 saturated heterocycles. The minimum atomic E-state index is -0.763. The molecule has 2 heterocycles. The van der Waals surface area contributed by atoms with Gasteiger partial charge in [-0.2, -0.15) is 0 Å². The Balaban J connectivity index is 1.40. The molecule has 1 aromatic heterocycles. The molecule has 3 aromatic rings. The van der Waals surface area contributed by atoms with Crippen molar-refractivity contribution in [1.82, 2.24) is 20.2 Å². The third-order valence-corrected chi connectivity index (χ3v) is 7.25. The van der Waals surface area contributed by atoms with Gasteiger partial charge in [-0.15, -0.1) is 11.8 Å². The van der Waals surface area contributed by atoms with Crippen LogP contribution in [0, 0.1) is 11.7 Å². The number of halogens is 1. The van der Waals surface area contributed by atoms with Gasteiger partial charge in [0.2, 0.25) is 5.91 Å². The summed E-state index contributed by atoms with van der Waals surface area (Å²) >= 11 is 1.69. The average molecular weight is 483 g/mol. The summed E-state index contributed by atoms with van der Waals surface area (Å²) in [7, 11) is 0. The summed E-state index contributed by atoms with van der Waals surface area (Å²) in [6.45, 7) is 4.87. The first-order valence-electron chi connectivity index (χ1n) is 11.3. The summed E-state index contributed by atoms with van der Waals surface area (Å²) < 4.78 is 13.1. The predicted octanol–water partition coefficient (Wildman–Crippen LogP) is 3.60. The lowest BCUT2D eigenvalue weighted by atomic mass is 10.0. The maximum Gasteiger partial charge on any atom is 0.280 e. The normalized spacial score (nSPS) is 15.5. The fraction of sp³-hybridized carbons (Fsp3) is 0.360. The zero-order valence-corrected chi connectivity index (χ0v) is 19.9. The number of piperidine rings is 1. The molecule has 178 valence electrons. The number of hydrogen-bond donors (Lipinski definition) is 2. The molecule has 2 N–H and O–H groups in total. The van der Waals surface area contributed by atoms with Crippen molar-refractivity contribution in [3.63, 3.8) is 0 Å². The Morgan fingerprint density at radius 2 is 1.79 bits per heavy atom. The Morgan fingerprint density at radius 3 is 2.47 bits per heavy atom. The summed E-state index contributed by atoms with van der Waals surface area (Å²) in [4.78, 5) is 48.2. The van der Waals surface area contributed by atoms with Gasteiger partial charge in [-0.1, -0.05) is 26.0 Å². The largest absolute Gasteiger partial charge is 0.341 e. The molecular weight excluding hydrogens is 455 g/mol. The van der Waals surface area contributed by atoms with Gasteiger partial charge in [-0.3, -0.25) is 14.4 Å². The molecule has 34 heavy (non-hydrogen) atoms. The molecule has 0 unspecified atom stereocenters. The minimum absolute atomic E-state index is 0.161. The number of nitrogens with zero attached hydrogens (tertiary/aromatic N) is 2. The first kappa shape index (κ1) is 23.9. The summed E-state index contributed by atoms with van der Waals surface area (Å²) in [5.41, 5.74) is 0.193. The van der Waals surface area contributed by atoms with Crippen LogP contribution in [0.3, 0.4) is 0 Å². The van der Waals surface area contributed by atoms with Crippen LogP contribution in [0.2, 0.25) is 0 Å². The molecule has 1 atom stereocenters. The van der Waals surface area contributed by atoms with E-state index in [9.17, 15) is 18.8 Å². The Bertz CT molecular complexity index is 1240. The molecule has 0 aliphatic carbocycles. The fourth-order valence-corrected chi connectivity index (χ4v) is 5.13. The number of likely N-dealkylation sites (tertiary alicyclic amines) is 1. The number of thioether (sulfide) groups is 1. The molecule has 1 fully saturated rings. The number of carbonyl (C=O) groups excluding carboxylic acids is 2. The number of benzene rings is 2. The van der Waals surface area contributed by atoms with Crippen molar-refractivity contribution in [1.29, 1.82) is 0 Å². The Morgan fingerprint density at radius 1 is 1.12 bits per heavy atom. The number of rotatable bonds is 6. The third-order valence-electron chi connectivity index (χ3n) is 5.90. The highest BCUT2D eigenvalue weighted by Crippen LogP contribution is 2.30. The number of hydrogen-bond acceptors (Lipinski definition) is 5. The van der Waals surface area contributed by atoms with Crippen molar-refractivity contribution in [2.45, 2.75) is 42.9 Å². The molecule has 9 heteroatoms. The van der Waals surface area contributed by atoms with Crippen LogP contribution in [0.5, 0.6) is 0 Å². The fourth-order valence-electron chi connectivity index (χ4n) is 4.00. The van der Waals surface area contributed by atoms with Gasteiger partial charge in [0.25, 0.3) is 11.5 Å². The molecule has 1 aliphatic heterocycles. The number of aromatic amines is 1.